The Morgan fingerprint density at radius 3 is 1.91 bits per heavy atom. The molecule has 2 aromatic rings. The van der Waals surface area contributed by atoms with Crippen molar-refractivity contribution in [3.8, 4) is 0 Å². The highest BCUT2D eigenvalue weighted by atomic mass is 32.2. The maximum Gasteiger partial charge on any atom is 0.191 e. The molecule has 0 fully saturated rings. The second-order valence-electron chi connectivity index (χ2n) is 4.51. The van der Waals surface area contributed by atoms with E-state index in [9.17, 15) is 0 Å². The van der Waals surface area contributed by atoms with E-state index in [0.717, 1.165) is 53.4 Å². The number of hydrogen-bond acceptors (Lipinski definition) is 7. The van der Waals surface area contributed by atoms with Crippen LogP contribution in [0.2, 0.25) is 0 Å². The van der Waals surface area contributed by atoms with Gasteiger partial charge in [-0.25, -0.2) is 0 Å². The van der Waals surface area contributed by atoms with Gasteiger partial charge in [-0.05, 0) is 0 Å². The van der Waals surface area contributed by atoms with E-state index in [0.29, 0.717) is 0 Å². The number of nitrogens with one attached hydrogen (secondary N) is 2. The van der Waals surface area contributed by atoms with Crippen LogP contribution in [0.3, 0.4) is 0 Å². The average molecular weight is 355 g/mol. The Bertz CT molecular complexity index is 499. The van der Waals surface area contributed by atoms with E-state index in [1.807, 2.05) is 12.1 Å². The van der Waals surface area contributed by atoms with Gasteiger partial charge < -0.3 is 19.7 Å². The summed E-state index contributed by atoms with van der Waals surface area (Å²) < 4.78 is 9.59. The first kappa shape index (κ1) is 17.7. The van der Waals surface area contributed by atoms with Crippen LogP contribution in [0.5, 0.6) is 0 Å². The molecule has 0 saturated heterocycles. The third-order valence-corrected chi connectivity index (χ3v) is 4.77. The molecule has 0 aliphatic carbocycles. The highest BCUT2D eigenvalue weighted by molar-refractivity contribution is 7.98. The molecule has 0 saturated carbocycles. The molecule has 0 atom stereocenters. The highest BCUT2D eigenvalue weighted by Gasteiger charge is 2.00. The predicted molar refractivity (Wildman–Crippen MR) is 94.7 cm³/mol. The lowest BCUT2D eigenvalue weighted by Crippen LogP contribution is -2.39. The highest BCUT2D eigenvalue weighted by Crippen LogP contribution is 2.09. The summed E-state index contributed by atoms with van der Waals surface area (Å²) in [6.45, 7) is 1.71. The lowest BCUT2D eigenvalue weighted by atomic mass is 10.5. The zero-order valence-corrected chi connectivity index (χ0v) is 14.7. The summed E-state index contributed by atoms with van der Waals surface area (Å²) >= 11 is 3.61. The van der Waals surface area contributed by atoms with Gasteiger partial charge in [0, 0.05) is 55.3 Å². The first-order chi connectivity index (χ1) is 11.4. The third kappa shape index (κ3) is 7.47. The lowest BCUT2D eigenvalue weighted by Gasteiger charge is -2.11. The second-order valence-corrected chi connectivity index (χ2v) is 6.72. The van der Waals surface area contributed by atoms with E-state index in [2.05, 4.69) is 25.9 Å². The summed E-state index contributed by atoms with van der Waals surface area (Å²) in [7, 11) is 1.78. The molecule has 2 N–H and O–H groups in total. The van der Waals surface area contributed by atoms with E-state index >= 15 is 0 Å². The van der Waals surface area contributed by atoms with Crippen LogP contribution in [0.15, 0.2) is 38.7 Å². The molecule has 0 radical (unpaired) electrons. The van der Waals surface area contributed by atoms with Crippen LogP contribution in [-0.2, 0) is 11.5 Å². The van der Waals surface area contributed by atoms with Crippen molar-refractivity contribution < 1.29 is 9.05 Å². The fourth-order valence-corrected chi connectivity index (χ4v) is 3.18. The molecule has 0 spiro atoms. The number of aliphatic imine (C=N–C) groups is 1. The zero-order chi connectivity index (χ0) is 16.2. The molecular weight excluding hydrogens is 334 g/mol. The smallest absolute Gasteiger partial charge is 0.191 e. The minimum Gasteiger partial charge on any atom is -0.364 e. The van der Waals surface area contributed by atoms with Crippen molar-refractivity contribution in [2.75, 3.05) is 31.6 Å². The summed E-state index contributed by atoms with van der Waals surface area (Å²) in [6, 6.07) is 3.77. The zero-order valence-electron chi connectivity index (χ0n) is 13.0. The molecule has 9 heteroatoms. The standard InChI is InChI=1S/C14H21N5O2S2/c1-15-14(16-4-8-22-10-12-2-6-20-18-12)17-5-9-23-11-13-3-7-21-19-13/h2-3,6-7H,4-5,8-11H2,1H3,(H2,15,16,17). The van der Waals surface area contributed by atoms with Gasteiger partial charge in [-0.15, -0.1) is 0 Å². The largest absolute Gasteiger partial charge is 0.364 e. The van der Waals surface area contributed by atoms with Crippen LogP contribution in [0.4, 0.5) is 0 Å². The first-order valence-electron chi connectivity index (χ1n) is 7.27. The van der Waals surface area contributed by atoms with E-state index < -0.39 is 0 Å². The predicted octanol–water partition coefficient (Wildman–Crippen LogP) is 1.99. The lowest BCUT2D eigenvalue weighted by molar-refractivity contribution is 0.414. The molecule has 0 aliphatic heterocycles. The van der Waals surface area contributed by atoms with E-state index in [-0.39, 0.29) is 0 Å². The molecule has 0 aliphatic rings. The number of rotatable bonds is 10. The fourth-order valence-electron chi connectivity index (χ4n) is 1.68. The van der Waals surface area contributed by atoms with Gasteiger partial charge in [-0.3, -0.25) is 4.99 Å². The van der Waals surface area contributed by atoms with E-state index in [1.165, 1.54) is 0 Å². The van der Waals surface area contributed by atoms with Crippen molar-refractivity contribution in [1.82, 2.24) is 20.9 Å². The Morgan fingerprint density at radius 2 is 1.52 bits per heavy atom. The van der Waals surface area contributed by atoms with Crippen LogP contribution >= 0.6 is 23.5 Å². The van der Waals surface area contributed by atoms with Crippen molar-refractivity contribution in [3.63, 3.8) is 0 Å². The average Bonchev–Trinajstić information content (AvgIpc) is 3.26. The van der Waals surface area contributed by atoms with Crippen LogP contribution < -0.4 is 10.6 Å². The van der Waals surface area contributed by atoms with Crippen LogP contribution in [0.25, 0.3) is 0 Å². The Kier molecular flexibility index (Phi) is 8.49. The van der Waals surface area contributed by atoms with E-state index in [4.69, 9.17) is 9.05 Å². The second kappa shape index (κ2) is 11.0. The Labute approximate surface area is 144 Å². The van der Waals surface area contributed by atoms with Gasteiger partial charge in [0.15, 0.2) is 5.96 Å². The first-order valence-corrected chi connectivity index (χ1v) is 9.58. The Morgan fingerprint density at radius 1 is 1.00 bits per heavy atom. The van der Waals surface area contributed by atoms with Crippen LogP contribution in [-0.4, -0.2) is 47.9 Å². The Balaban J connectivity index is 1.46. The molecule has 2 heterocycles. The molecule has 2 rings (SSSR count). The molecule has 0 unspecified atom stereocenters. The third-order valence-electron chi connectivity index (χ3n) is 2.78. The summed E-state index contributed by atoms with van der Waals surface area (Å²) in [5.74, 6) is 4.52. The summed E-state index contributed by atoms with van der Waals surface area (Å²) in [6.07, 6.45) is 3.20. The van der Waals surface area contributed by atoms with E-state index in [1.54, 1.807) is 43.1 Å². The molecule has 7 nitrogen and oxygen atoms in total. The molecule has 0 amide bonds. The van der Waals surface area contributed by atoms with Gasteiger partial charge in [-0.2, -0.15) is 23.5 Å². The maximum absolute atomic E-state index is 4.80. The quantitative estimate of drug-likeness (QED) is 0.380. The number of aromatic nitrogens is 2. The summed E-state index contributed by atoms with van der Waals surface area (Å²) in [5, 5.41) is 14.3. The van der Waals surface area contributed by atoms with Gasteiger partial charge in [-0.1, -0.05) is 10.3 Å². The maximum atomic E-state index is 4.80. The van der Waals surface area contributed by atoms with Gasteiger partial charge >= 0.3 is 0 Å². The summed E-state index contributed by atoms with van der Waals surface area (Å²) in [5.41, 5.74) is 1.95. The summed E-state index contributed by atoms with van der Waals surface area (Å²) in [4.78, 5) is 4.20. The fraction of sp³-hybridized carbons (Fsp3) is 0.500. The number of guanidine groups is 1. The Hall–Kier alpha value is -1.61. The van der Waals surface area contributed by atoms with Crippen LogP contribution in [0, 0.1) is 0 Å². The SMILES string of the molecule is CN=C(NCCSCc1ccon1)NCCSCc1ccon1. The molecule has 0 bridgehead atoms. The van der Waals surface area contributed by atoms with Crippen molar-refractivity contribution in [2.24, 2.45) is 4.99 Å². The van der Waals surface area contributed by atoms with Crippen molar-refractivity contribution in [2.45, 2.75) is 11.5 Å². The monoisotopic (exact) mass is 355 g/mol. The van der Waals surface area contributed by atoms with Gasteiger partial charge in [0.05, 0.1) is 11.4 Å². The molecule has 126 valence electrons. The number of thioether (sulfide) groups is 2. The molecule has 2 aromatic heterocycles. The normalized spacial score (nSPS) is 10.5. The van der Waals surface area contributed by atoms with Gasteiger partial charge in [0.1, 0.15) is 12.5 Å². The van der Waals surface area contributed by atoms with Gasteiger partial charge in [0.2, 0.25) is 0 Å². The minimum atomic E-state index is 0.828. The molecule has 23 heavy (non-hydrogen) atoms. The number of nitrogens with zero attached hydrogens (tertiary/aromatic N) is 3. The van der Waals surface area contributed by atoms with Crippen molar-refractivity contribution >= 4 is 29.5 Å². The van der Waals surface area contributed by atoms with Gasteiger partial charge in [0.25, 0.3) is 0 Å². The van der Waals surface area contributed by atoms with Crippen LogP contribution in [0.1, 0.15) is 11.4 Å². The minimum absolute atomic E-state index is 0.828. The molecular formula is C14H21N5O2S2. The topological polar surface area (TPSA) is 88.5 Å². The van der Waals surface area contributed by atoms with Crippen molar-refractivity contribution in [1.29, 1.82) is 0 Å². The molecule has 0 aromatic carbocycles. The van der Waals surface area contributed by atoms with Crippen molar-refractivity contribution in [3.05, 3.63) is 36.0 Å². The number of hydrogen-bond donors (Lipinski definition) is 2.